The van der Waals surface area contributed by atoms with Gasteiger partial charge in [-0.15, -0.1) is 0 Å². The highest BCUT2D eigenvalue weighted by Gasteiger charge is 2.10. The van der Waals surface area contributed by atoms with Gasteiger partial charge in [-0.3, -0.25) is 9.69 Å². The maximum Gasteiger partial charge on any atom is 0.326 e. The molecule has 108 valence electrons. The van der Waals surface area contributed by atoms with E-state index in [1.807, 2.05) is 30.3 Å². The molecule has 0 aliphatic rings. The topological polar surface area (TPSA) is 61.4 Å². The lowest BCUT2D eigenvalue weighted by Crippen LogP contribution is -2.31. The maximum absolute atomic E-state index is 12.1. The zero-order chi connectivity index (χ0) is 15.2. The zero-order valence-corrected chi connectivity index (χ0v) is 12.0. The SMILES string of the molecule is CC(=O)Nc1ccc(N(C)C(=O)Nc2ccccc2)cc1. The van der Waals surface area contributed by atoms with E-state index in [4.69, 9.17) is 0 Å². The summed E-state index contributed by atoms with van der Waals surface area (Å²) in [7, 11) is 1.69. The van der Waals surface area contributed by atoms with Crippen molar-refractivity contribution in [3.05, 3.63) is 54.6 Å². The number of rotatable bonds is 3. The molecule has 0 aliphatic carbocycles. The summed E-state index contributed by atoms with van der Waals surface area (Å²) in [4.78, 5) is 24.6. The van der Waals surface area contributed by atoms with Gasteiger partial charge in [0.2, 0.25) is 5.91 Å². The van der Waals surface area contributed by atoms with Crippen molar-refractivity contribution in [2.24, 2.45) is 0 Å². The highest BCUT2D eigenvalue weighted by Crippen LogP contribution is 2.18. The summed E-state index contributed by atoms with van der Waals surface area (Å²) in [6.45, 7) is 1.45. The van der Waals surface area contributed by atoms with Crippen molar-refractivity contribution in [3.8, 4) is 0 Å². The van der Waals surface area contributed by atoms with Crippen LogP contribution in [0, 0.1) is 0 Å². The van der Waals surface area contributed by atoms with Crippen LogP contribution in [0.15, 0.2) is 54.6 Å². The number of hydrogen-bond donors (Lipinski definition) is 2. The summed E-state index contributed by atoms with van der Waals surface area (Å²) in [5.74, 6) is -0.127. The molecule has 2 aromatic rings. The molecule has 0 heterocycles. The molecule has 5 heteroatoms. The first-order chi connectivity index (χ1) is 10.1. The van der Waals surface area contributed by atoms with Crippen LogP contribution in [0.4, 0.5) is 21.9 Å². The number of urea groups is 1. The fourth-order valence-electron chi connectivity index (χ4n) is 1.82. The highest BCUT2D eigenvalue weighted by molar-refractivity contribution is 6.01. The van der Waals surface area contributed by atoms with Crippen molar-refractivity contribution in [3.63, 3.8) is 0 Å². The van der Waals surface area contributed by atoms with E-state index in [-0.39, 0.29) is 11.9 Å². The minimum atomic E-state index is -0.228. The Morgan fingerprint density at radius 3 is 2.00 bits per heavy atom. The van der Waals surface area contributed by atoms with Crippen LogP contribution in [0.25, 0.3) is 0 Å². The molecule has 0 spiro atoms. The van der Waals surface area contributed by atoms with Gasteiger partial charge in [0.25, 0.3) is 0 Å². The molecule has 2 rings (SSSR count). The van der Waals surface area contributed by atoms with E-state index in [0.717, 1.165) is 11.4 Å². The van der Waals surface area contributed by atoms with Gasteiger partial charge >= 0.3 is 6.03 Å². The van der Waals surface area contributed by atoms with E-state index in [9.17, 15) is 9.59 Å². The van der Waals surface area contributed by atoms with Crippen molar-refractivity contribution >= 4 is 29.0 Å². The third kappa shape index (κ3) is 4.07. The van der Waals surface area contributed by atoms with Crippen LogP contribution in [0.5, 0.6) is 0 Å². The van der Waals surface area contributed by atoms with Crippen molar-refractivity contribution in [2.45, 2.75) is 6.92 Å². The van der Waals surface area contributed by atoms with Crippen LogP contribution < -0.4 is 15.5 Å². The lowest BCUT2D eigenvalue weighted by Gasteiger charge is -2.18. The van der Waals surface area contributed by atoms with E-state index in [0.29, 0.717) is 5.69 Å². The molecule has 0 radical (unpaired) electrons. The second-order valence-electron chi connectivity index (χ2n) is 4.58. The third-order valence-electron chi connectivity index (χ3n) is 2.90. The van der Waals surface area contributed by atoms with Crippen LogP contribution in [0.3, 0.4) is 0 Å². The van der Waals surface area contributed by atoms with Gasteiger partial charge in [-0.25, -0.2) is 4.79 Å². The average molecular weight is 283 g/mol. The first kappa shape index (κ1) is 14.6. The number of anilines is 3. The molecule has 0 saturated carbocycles. The predicted molar refractivity (Wildman–Crippen MR) is 84.6 cm³/mol. The number of nitrogens with zero attached hydrogens (tertiary/aromatic N) is 1. The maximum atomic E-state index is 12.1. The molecule has 0 saturated heterocycles. The first-order valence-corrected chi connectivity index (χ1v) is 6.53. The Labute approximate surface area is 123 Å². The first-order valence-electron chi connectivity index (χ1n) is 6.53. The normalized spacial score (nSPS) is 9.81. The largest absolute Gasteiger partial charge is 0.326 e. The van der Waals surface area contributed by atoms with Crippen LogP contribution >= 0.6 is 0 Å². The average Bonchev–Trinajstić information content (AvgIpc) is 2.47. The van der Waals surface area contributed by atoms with E-state index < -0.39 is 0 Å². The minimum Gasteiger partial charge on any atom is -0.326 e. The number of hydrogen-bond acceptors (Lipinski definition) is 2. The van der Waals surface area contributed by atoms with Crippen molar-refractivity contribution in [1.82, 2.24) is 0 Å². The molecule has 0 aliphatic heterocycles. The summed E-state index contributed by atoms with van der Waals surface area (Å²) in [6, 6.07) is 16.1. The smallest absolute Gasteiger partial charge is 0.326 e. The number of para-hydroxylation sites is 1. The molecule has 0 aromatic heterocycles. The standard InChI is InChI=1S/C16H17N3O2/c1-12(20)17-14-8-10-15(11-9-14)19(2)16(21)18-13-6-4-3-5-7-13/h3-11H,1-2H3,(H,17,20)(H,18,21). The van der Waals surface area contributed by atoms with E-state index >= 15 is 0 Å². The lowest BCUT2D eigenvalue weighted by atomic mass is 10.2. The van der Waals surface area contributed by atoms with Crippen LogP contribution in [-0.2, 0) is 4.79 Å². The molecular weight excluding hydrogens is 266 g/mol. The van der Waals surface area contributed by atoms with E-state index in [1.165, 1.54) is 11.8 Å². The van der Waals surface area contributed by atoms with Crippen LogP contribution in [0.2, 0.25) is 0 Å². The molecule has 0 unspecified atom stereocenters. The molecule has 21 heavy (non-hydrogen) atoms. The summed E-state index contributed by atoms with van der Waals surface area (Å²) < 4.78 is 0. The van der Waals surface area contributed by atoms with Gasteiger partial charge < -0.3 is 10.6 Å². The third-order valence-corrected chi connectivity index (χ3v) is 2.90. The van der Waals surface area contributed by atoms with Crippen molar-refractivity contribution < 1.29 is 9.59 Å². The number of carbonyl (C=O) groups is 2. The van der Waals surface area contributed by atoms with Gasteiger partial charge in [-0.1, -0.05) is 18.2 Å². The predicted octanol–water partition coefficient (Wildman–Crippen LogP) is 3.31. The Morgan fingerprint density at radius 1 is 0.857 bits per heavy atom. The molecule has 5 nitrogen and oxygen atoms in total. The molecule has 0 bridgehead atoms. The Balaban J connectivity index is 2.03. The van der Waals surface area contributed by atoms with Crippen LogP contribution in [-0.4, -0.2) is 19.0 Å². The number of nitrogens with one attached hydrogen (secondary N) is 2. The van der Waals surface area contributed by atoms with Gasteiger partial charge in [0.15, 0.2) is 0 Å². The summed E-state index contributed by atoms with van der Waals surface area (Å²) in [6.07, 6.45) is 0. The Kier molecular flexibility index (Phi) is 4.56. The minimum absolute atomic E-state index is 0.127. The molecule has 0 fully saturated rings. The monoisotopic (exact) mass is 283 g/mol. The second kappa shape index (κ2) is 6.56. The van der Waals surface area contributed by atoms with Gasteiger partial charge in [-0.2, -0.15) is 0 Å². The quantitative estimate of drug-likeness (QED) is 0.907. The Morgan fingerprint density at radius 2 is 1.43 bits per heavy atom. The molecule has 2 aromatic carbocycles. The molecule has 3 amide bonds. The Hall–Kier alpha value is -2.82. The Bertz CT molecular complexity index is 624. The van der Waals surface area contributed by atoms with Crippen molar-refractivity contribution in [1.29, 1.82) is 0 Å². The van der Waals surface area contributed by atoms with Gasteiger partial charge in [0, 0.05) is 31.0 Å². The summed E-state index contributed by atoms with van der Waals surface area (Å²) in [5.41, 5.74) is 2.17. The fourth-order valence-corrected chi connectivity index (χ4v) is 1.82. The van der Waals surface area contributed by atoms with Gasteiger partial charge in [-0.05, 0) is 36.4 Å². The molecular formula is C16H17N3O2. The second-order valence-corrected chi connectivity index (χ2v) is 4.58. The lowest BCUT2D eigenvalue weighted by molar-refractivity contribution is -0.114. The molecule has 2 N–H and O–H groups in total. The van der Waals surface area contributed by atoms with E-state index in [1.54, 1.807) is 31.3 Å². The van der Waals surface area contributed by atoms with Crippen LogP contribution in [0.1, 0.15) is 6.92 Å². The summed E-state index contributed by atoms with van der Waals surface area (Å²) >= 11 is 0. The molecule has 0 atom stereocenters. The summed E-state index contributed by atoms with van der Waals surface area (Å²) in [5, 5.41) is 5.49. The van der Waals surface area contributed by atoms with Gasteiger partial charge in [0.1, 0.15) is 0 Å². The van der Waals surface area contributed by atoms with Gasteiger partial charge in [0.05, 0.1) is 0 Å². The number of amides is 3. The highest BCUT2D eigenvalue weighted by atomic mass is 16.2. The van der Waals surface area contributed by atoms with Crippen molar-refractivity contribution in [2.75, 3.05) is 22.6 Å². The fraction of sp³-hybridized carbons (Fsp3) is 0.125. The number of carbonyl (C=O) groups excluding carboxylic acids is 2. The van der Waals surface area contributed by atoms with E-state index in [2.05, 4.69) is 10.6 Å². The zero-order valence-electron chi connectivity index (χ0n) is 12.0. The number of benzene rings is 2.